The molecule has 1 atom stereocenters. The van der Waals surface area contributed by atoms with Crippen molar-refractivity contribution in [3.63, 3.8) is 0 Å². The summed E-state index contributed by atoms with van der Waals surface area (Å²) in [4.78, 5) is 11.1. The number of esters is 1. The Morgan fingerprint density at radius 2 is 2.46 bits per heavy atom. The van der Waals surface area contributed by atoms with Gasteiger partial charge in [0.05, 0.1) is 13.0 Å². The highest BCUT2D eigenvalue weighted by molar-refractivity contribution is 5.70. The van der Waals surface area contributed by atoms with Crippen LogP contribution in [0.5, 0.6) is 0 Å². The molecule has 0 spiro atoms. The molecule has 13 heavy (non-hydrogen) atoms. The maximum atomic E-state index is 11.1. The molecule has 1 aliphatic heterocycles. The number of carbonyl (C=O) groups is 1. The molecule has 75 valence electrons. The van der Waals surface area contributed by atoms with Gasteiger partial charge in [0.25, 0.3) is 0 Å². The molecule has 1 rings (SSSR count). The number of nitrogens with one attached hydrogen (secondary N) is 1. The van der Waals surface area contributed by atoms with Gasteiger partial charge in [-0.3, -0.25) is 4.79 Å². The van der Waals surface area contributed by atoms with E-state index < -0.39 is 0 Å². The van der Waals surface area contributed by atoms with Gasteiger partial charge in [0.15, 0.2) is 0 Å². The Balaban J connectivity index is 2.21. The maximum Gasteiger partial charge on any atom is 0.307 e. The summed E-state index contributed by atoms with van der Waals surface area (Å²) >= 11 is 0. The molecular formula is C9H17N2O2. The van der Waals surface area contributed by atoms with Crippen molar-refractivity contribution in [2.75, 3.05) is 26.2 Å². The lowest BCUT2D eigenvalue weighted by atomic mass is 10.1. The van der Waals surface area contributed by atoms with Crippen LogP contribution in [0.1, 0.15) is 19.8 Å². The number of ether oxygens (including phenoxy) is 1. The predicted octanol–water partition coefficient (Wildman–Crippen LogP) is -0.0941. The Morgan fingerprint density at radius 3 is 3.23 bits per heavy atom. The van der Waals surface area contributed by atoms with Crippen LogP contribution in [0, 0.1) is 0 Å². The van der Waals surface area contributed by atoms with Crippen LogP contribution in [0.25, 0.3) is 0 Å². The van der Waals surface area contributed by atoms with Crippen LogP contribution in [0.2, 0.25) is 0 Å². The van der Waals surface area contributed by atoms with Crippen molar-refractivity contribution >= 4 is 5.97 Å². The van der Waals surface area contributed by atoms with Gasteiger partial charge in [0.1, 0.15) is 0 Å². The molecule has 4 nitrogen and oxygen atoms in total. The number of nitrogens with zero attached hydrogens (tertiary/aromatic N) is 1. The summed E-state index contributed by atoms with van der Waals surface area (Å²) in [6.45, 7) is 4.89. The molecular weight excluding hydrogens is 168 g/mol. The Hall–Kier alpha value is -0.610. The summed E-state index contributed by atoms with van der Waals surface area (Å²) in [6.07, 6.45) is 1.42. The summed E-state index contributed by atoms with van der Waals surface area (Å²) in [5.74, 6) is -0.109. The summed E-state index contributed by atoms with van der Waals surface area (Å²) in [5, 5.41) is 7.54. The zero-order valence-corrected chi connectivity index (χ0v) is 8.08. The second-order valence-electron chi connectivity index (χ2n) is 3.12. The van der Waals surface area contributed by atoms with Gasteiger partial charge >= 0.3 is 5.97 Å². The summed E-state index contributed by atoms with van der Waals surface area (Å²) in [6, 6.07) is 0.255. The minimum atomic E-state index is -0.109. The van der Waals surface area contributed by atoms with Crippen molar-refractivity contribution in [3.8, 4) is 0 Å². The lowest BCUT2D eigenvalue weighted by molar-refractivity contribution is -0.143. The topological polar surface area (TPSA) is 52.4 Å². The van der Waals surface area contributed by atoms with E-state index in [0.29, 0.717) is 13.0 Å². The second-order valence-corrected chi connectivity index (χ2v) is 3.12. The van der Waals surface area contributed by atoms with Gasteiger partial charge in [-0.05, 0) is 13.3 Å². The molecule has 1 heterocycles. The average molecular weight is 185 g/mol. The van der Waals surface area contributed by atoms with Crippen LogP contribution in [-0.2, 0) is 9.53 Å². The first-order chi connectivity index (χ1) is 6.33. The molecule has 1 unspecified atom stereocenters. The Labute approximate surface area is 79.0 Å². The van der Waals surface area contributed by atoms with Crippen molar-refractivity contribution in [2.24, 2.45) is 0 Å². The van der Waals surface area contributed by atoms with Crippen molar-refractivity contribution in [1.29, 1.82) is 0 Å². The fraction of sp³-hybridized carbons (Fsp3) is 0.889. The SMILES string of the molecule is CCOC(=O)CC1CC[N]CCN1. The van der Waals surface area contributed by atoms with Gasteiger partial charge in [-0.2, -0.15) is 0 Å². The molecule has 0 bridgehead atoms. The minimum absolute atomic E-state index is 0.109. The molecule has 0 aromatic rings. The molecule has 1 saturated heterocycles. The summed E-state index contributed by atoms with van der Waals surface area (Å²) in [7, 11) is 0. The average Bonchev–Trinajstić information content (AvgIpc) is 2.33. The van der Waals surface area contributed by atoms with Crippen LogP contribution in [-0.4, -0.2) is 38.3 Å². The standard InChI is InChI=1S/C9H17N2O2/c1-2-13-9(12)7-8-3-4-10-5-6-11-8/h8,11H,2-7H2,1H3. The van der Waals surface area contributed by atoms with Gasteiger partial charge in [0, 0.05) is 25.7 Å². The van der Waals surface area contributed by atoms with Gasteiger partial charge in [-0.1, -0.05) is 0 Å². The number of hydrogen-bond donors (Lipinski definition) is 1. The number of carbonyl (C=O) groups excluding carboxylic acids is 1. The smallest absolute Gasteiger partial charge is 0.307 e. The quantitative estimate of drug-likeness (QED) is 0.625. The number of rotatable bonds is 3. The lowest BCUT2D eigenvalue weighted by Gasteiger charge is -2.13. The van der Waals surface area contributed by atoms with Gasteiger partial charge in [-0.15, -0.1) is 0 Å². The second kappa shape index (κ2) is 5.94. The first-order valence-corrected chi connectivity index (χ1v) is 4.85. The van der Waals surface area contributed by atoms with Gasteiger partial charge in [0.2, 0.25) is 0 Å². The molecule has 4 heteroatoms. The molecule has 1 radical (unpaired) electrons. The first-order valence-electron chi connectivity index (χ1n) is 4.85. The molecule has 0 aromatic heterocycles. The van der Waals surface area contributed by atoms with E-state index in [1.165, 1.54) is 0 Å². The highest BCUT2D eigenvalue weighted by Crippen LogP contribution is 2.01. The molecule has 1 N–H and O–H groups in total. The molecule has 0 aromatic carbocycles. The van der Waals surface area contributed by atoms with Crippen molar-refractivity contribution in [2.45, 2.75) is 25.8 Å². The zero-order valence-electron chi connectivity index (χ0n) is 8.08. The summed E-state index contributed by atoms with van der Waals surface area (Å²) < 4.78 is 4.88. The van der Waals surface area contributed by atoms with E-state index in [1.54, 1.807) is 0 Å². The van der Waals surface area contributed by atoms with E-state index in [2.05, 4.69) is 10.6 Å². The van der Waals surface area contributed by atoms with Crippen molar-refractivity contribution in [1.82, 2.24) is 10.6 Å². The fourth-order valence-electron chi connectivity index (χ4n) is 1.40. The summed E-state index contributed by atoms with van der Waals surface area (Å²) in [5.41, 5.74) is 0. The molecule has 1 aliphatic rings. The third-order valence-electron chi connectivity index (χ3n) is 2.06. The van der Waals surface area contributed by atoms with Crippen LogP contribution in [0.4, 0.5) is 0 Å². The van der Waals surface area contributed by atoms with E-state index in [1.807, 2.05) is 6.92 Å². The Kier molecular flexibility index (Phi) is 4.78. The lowest BCUT2D eigenvalue weighted by Crippen LogP contribution is -2.32. The van der Waals surface area contributed by atoms with Crippen LogP contribution >= 0.6 is 0 Å². The first kappa shape index (κ1) is 10.5. The Bertz CT molecular complexity index is 154. The van der Waals surface area contributed by atoms with E-state index >= 15 is 0 Å². The van der Waals surface area contributed by atoms with Crippen molar-refractivity contribution in [3.05, 3.63) is 0 Å². The zero-order chi connectivity index (χ0) is 9.52. The third-order valence-corrected chi connectivity index (χ3v) is 2.06. The normalized spacial score (nSPS) is 23.6. The monoisotopic (exact) mass is 185 g/mol. The van der Waals surface area contributed by atoms with Crippen molar-refractivity contribution < 1.29 is 9.53 Å². The van der Waals surface area contributed by atoms with E-state index in [0.717, 1.165) is 26.1 Å². The van der Waals surface area contributed by atoms with Gasteiger partial charge < -0.3 is 10.1 Å². The fourth-order valence-corrected chi connectivity index (χ4v) is 1.40. The molecule has 0 aliphatic carbocycles. The van der Waals surface area contributed by atoms with E-state index in [4.69, 9.17) is 4.74 Å². The van der Waals surface area contributed by atoms with E-state index in [9.17, 15) is 4.79 Å². The number of hydrogen-bond acceptors (Lipinski definition) is 3. The largest absolute Gasteiger partial charge is 0.466 e. The molecule has 1 fully saturated rings. The third kappa shape index (κ3) is 4.24. The molecule has 0 amide bonds. The van der Waals surface area contributed by atoms with Gasteiger partial charge in [-0.25, -0.2) is 5.32 Å². The Morgan fingerprint density at radius 1 is 1.62 bits per heavy atom. The predicted molar refractivity (Wildman–Crippen MR) is 49.5 cm³/mol. The highest BCUT2D eigenvalue weighted by atomic mass is 16.5. The van der Waals surface area contributed by atoms with Crippen LogP contribution in [0.3, 0.4) is 0 Å². The van der Waals surface area contributed by atoms with E-state index in [-0.39, 0.29) is 12.0 Å². The minimum Gasteiger partial charge on any atom is -0.466 e. The maximum absolute atomic E-state index is 11.1. The highest BCUT2D eigenvalue weighted by Gasteiger charge is 2.15. The molecule has 0 saturated carbocycles. The van der Waals surface area contributed by atoms with Crippen LogP contribution < -0.4 is 10.6 Å². The van der Waals surface area contributed by atoms with Crippen LogP contribution in [0.15, 0.2) is 0 Å².